The Morgan fingerprint density at radius 3 is 1.57 bits per heavy atom. The molecule has 4 aliphatic rings. The summed E-state index contributed by atoms with van der Waals surface area (Å²) in [5.41, 5.74) is 2.90. The van der Waals surface area contributed by atoms with Gasteiger partial charge >= 0.3 is 0 Å². The number of fused-ring (bicyclic) bond motifs is 4. The minimum atomic E-state index is -0.246. The quantitative estimate of drug-likeness (QED) is 0.128. The number of methoxy groups -OCH3 is 6. The van der Waals surface area contributed by atoms with Crippen LogP contribution in [0.5, 0.6) is 40.2 Å². The number of piperidine rings is 3. The zero-order chi connectivity index (χ0) is 56.6. The van der Waals surface area contributed by atoms with Gasteiger partial charge in [0.15, 0.2) is 52.0 Å². The van der Waals surface area contributed by atoms with Gasteiger partial charge in [0.1, 0.15) is 17.2 Å². The molecule has 3 saturated heterocycles. The highest BCUT2D eigenvalue weighted by Gasteiger charge is 2.38. The number of imidazole rings is 1. The molecule has 4 aromatic heterocycles. The molecular formula is C63H66N12O7. The van der Waals surface area contributed by atoms with Crippen molar-refractivity contribution in [2.45, 2.75) is 56.0 Å². The monoisotopic (exact) mass is 1100 g/mol. The molecule has 9 aromatic rings. The van der Waals surface area contributed by atoms with Crippen molar-refractivity contribution in [2.24, 2.45) is 0 Å². The van der Waals surface area contributed by atoms with Gasteiger partial charge in [0.25, 0.3) is 0 Å². The Hall–Kier alpha value is -9.44. The first kappa shape index (κ1) is 54.5. The Labute approximate surface area is 476 Å². The fraction of sp³-hybridized carbons (Fsp3) is 0.333. The van der Waals surface area contributed by atoms with Crippen molar-refractivity contribution in [3.63, 3.8) is 0 Å². The standard InChI is InChI=1S/C23H23N3O3.C22H22N4O2.C18H21N5O2/c1-27-20-13-17-15-24-25-22(18(17)14-21(20)28-2)26-11-9-23(10-12-26)8-7-16-5-3-4-6-19(16)29-23;1-27-20-11-18-14-24-25-22(19(18)12-21(20)28-2)26-9-7-17(8-10-26)16-5-3-15(13-23)4-6-16;1-24-15-8-13-10-21-22-18(14(13)9-16(15)25-2)23-7-3-4-12(11-23)17-19-5-6-20-17/h3-8,13-15H,9-12H2,1-2H3;3-6,11-12,14,17H,7-10H2,1-2H3;5-6,8-10,12H,3-4,7,11H2,1-2H3,(H,19,20). The Morgan fingerprint density at radius 1 is 0.573 bits per heavy atom. The molecule has 82 heavy (non-hydrogen) atoms. The number of H-pyrrole nitrogens is 1. The van der Waals surface area contributed by atoms with Gasteiger partial charge in [-0.3, -0.25) is 0 Å². The zero-order valence-corrected chi connectivity index (χ0v) is 47.0. The van der Waals surface area contributed by atoms with Crippen LogP contribution in [-0.4, -0.2) is 128 Å². The lowest BCUT2D eigenvalue weighted by molar-refractivity contribution is 0.0891. The van der Waals surface area contributed by atoms with Crippen LogP contribution in [0.3, 0.4) is 0 Å². The van der Waals surface area contributed by atoms with E-state index in [1.807, 2.05) is 79.1 Å². The van der Waals surface area contributed by atoms with Crippen molar-refractivity contribution in [1.82, 2.24) is 40.6 Å². The van der Waals surface area contributed by atoms with E-state index in [4.69, 9.17) is 38.4 Å². The number of rotatable bonds is 11. The summed E-state index contributed by atoms with van der Waals surface area (Å²) in [6, 6.07) is 30.1. The van der Waals surface area contributed by atoms with Crippen LogP contribution in [-0.2, 0) is 0 Å². The van der Waals surface area contributed by atoms with Crippen LogP contribution in [0.1, 0.15) is 72.9 Å². The van der Waals surface area contributed by atoms with E-state index in [1.165, 1.54) is 5.56 Å². The second-order valence-electron chi connectivity index (χ2n) is 20.7. The van der Waals surface area contributed by atoms with Crippen LogP contribution in [0.2, 0.25) is 0 Å². The molecule has 1 atom stereocenters. The Balaban J connectivity index is 0.000000129. The second kappa shape index (κ2) is 24.5. The minimum absolute atomic E-state index is 0.246. The van der Waals surface area contributed by atoms with Crippen molar-refractivity contribution in [3.05, 3.63) is 145 Å². The zero-order valence-electron chi connectivity index (χ0n) is 47.0. The highest BCUT2D eigenvalue weighted by atomic mass is 16.5. The molecule has 1 spiro atoms. The molecular weight excluding hydrogens is 1040 g/mol. The normalized spacial score (nSPS) is 16.5. The molecule has 5 aromatic carbocycles. The van der Waals surface area contributed by atoms with E-state index in [0.29, 0.717) is 51.9 Å². The third-order valence-corrected chi connectivity index (χ3v) is 16.1. The summed E-state index contributed by atoms with van der Waals surface area (Å²) in [6.45, 7) is 5.33. The maximum Gasteiger partial charge on any atom is 0.161 e. The molecule has 8 heterocycles. The molecule has 1 N–H and O–H groups in total. The van der Waals surface area contributed by atoms with Crippen molar-refractivity contribution in [3.8, 4) is 46.3 Å². The SMILES string of the molecule is COc1cc2cnnc(N3CCC(c4ccc(C#N)cc4)CC3)c2cc1OC.COc1cc2cnnc(N3CCC4(C=Cc5ccccc5O4)CC3)c2cc1OC.COc1cc2cnnc(N3CCCC(c4ncc[nH]4)C3)c2cc1OC. The highest BCUT2D eigenvalue weighted by molar-refractivity contribution is 5.96. The average molecular weight is 1100 g/mol. The first-order valence-corrected chi connectivity index (χ1v) is 27.6. The average Bonchev–Trinajstić information content (AvgIpc) is 4.22. The van der Waals surface area contributed by atoms with Gasteiger partial charge in [-0.15, -0.1) is 15.3 Å². The highest BCUT2D eigenvalue weighted by Crippen LogP contribution is 2.42. The van der Waals surface area contributed by atoms with E-state index in [9.17, 15) is 0 Å². The lowest BCUT2D eigenvalue weighted by Crippen LogP contribution is -2.48. The minimum Gasteiger partial charge on any atom is -0.493 e. The number of anilines is 3. The van der Waals surface area contributed by atoms with Crippen LogP contribution < -0.4 is 47.9 Å². The summed E-state index contributed by atoms with van der Waals surface area (Å²) in [6.07, 6.45) is 19.4. The van der Waals surface area contributed by atoms with Crippen LogP contribution in [0, 0.1) is 11.3 Å². The number of para-hydroxylation sites is 1. The maximum atomic E-state index is 8.97. The van der Waals surface area contributed by atoms with Crippen molar-refractivity contribution < 1.29 is 33.2 Å². The van der Waals surface area contributed by atoms with Gasteiger partial charge < -0.3 is 52.8 Å². The molecule has 4 aliphatic heterocycles. The van der Waals surface area contributed by atoms with Crippen LogP contribution in [0.15, 0.2) is 122 Å². The lowest BCUT2D eigenvalue weighted by Gasteiger charge is -2.42. The smallest absolute Gasteiger partial charge is 0.161 e. The maximum absolute atomic E-state index is 8.97. The Kier molecular flexibility index (Phi) is 16.3. The number of nitriles is 1. The summed E-state index contributed by atoms with van der Waals surface area (Å²) in [5, 5.41) is 40.9. The van der Waals surface area contributed by atoms with E-state index in [1.54, 1.807) is 61.2 Å². The fourth-order valence-electron chi connectivity index (χ4n) is 11.6. The van der Waals surface area contributed by atoms with Gasteiger partial charge in [-0.05, 0) is 97.8 Å². The third-order valence-electron chi connectivity index (χ3n) is 16.1. The van der Waals surface area contributed by atoms with E-state index in [-0.39, 0.29) is 5.60 Å². The van der Waals surface area contributed by atoms with Gasteiger partial charge in [-0.25, -0.2) is 4.98 Å². The molecule has 0 bridgehead atoms. The number of aromatic amines is 1. The molecule has 0 amide bonds. The van der Waals surface area contributed by atoms with Gasteiger partial charge in [0, 0.05) is 108 Å². The number of hydrogen-bond acceptors (Lipinski definition) is 18. The topological polar surface area (TPSA) is 204 Å². The van der Waals surface area contributed by atoms with Gasteiger partial charge in [0.05, 0.1) is 72.9 Å². The van der Waals surface area contributed by atoms with E-state index in [0.717, 1.165) is 145 Å². The van der Waals surface area contributed by atoms with Crippen LogP contribution in [0.25, 0.3) is 38.4 Å². The lowest BCUT2D eigenvalue weighted by atomic mass is 9.88. The predicted octanol–water partition coefficient (Wildman–Crippen LogP) is 10.7. The molecule has 1 unspecified atom stereocenters. The number of ether oxygens (including phenoxy) is 7. The van der Waals surface area contributed by atoms with Crippen LogP contribution in [0.4, 0.5) is 17.5 Å². The molecule has 19 nitrogen and oxygen atoms in total. The third kappa shape index (κ3) is 11.3. The van der Waals surface area contributed by atoms with E-state index >= 15 is 0 Å². The summed E-state index contributed by atoms with van der Waals surface area (Å²) < 4.78 is 39.0. The molecule has 13 rings (SSSR count). The number of nitrogens with one attached hydrogen (secondary N) is 1. The summed E-state index contributed by atoms with van der Waals surface area (Å²) in [4.78, 5) is 14.5. The van der Waals surface area contributed by atoms with Gasteiger partial charge in [0.2, 0.25) is 0 Å². The number of nitrogens with zero attached hydrogens (tertiary/aromatic N) is 11. The van der Waals surface area contributed by atoms with E-state index < -0.39 is 0 Å². The van der Waals surface area contributed by atoms with Crippen molar-refractivity contribution in [1.29, 1.82) is 5.26 Å². The fourth-order valence-corrected chi connectivity index (χ4v) is 11.6. The Bertz CT molecular complexity index is 3750. The molecule has 0 aliphatic carbocycles. The first-order chi connectivity index (χ1) is 40.2. The molecule has 0 saturated carbocycles. The Morgan fingerprint density at radius 2 is 1.07 bits per heavy atom. The second-order valence-corrected chi connectivity index (χ2v) is 20.7. The molecule has 420 valence electrons. The first-order valence-electron chi connectivity index (χ1n) is 27.6. The van der Waals surface area contributed by atoms with Crippen molar-refractivity contribution in [2.75, 3.05) is 96.6 Å². The molecule has 19 heteroatoms. The largest absolute Gasteiger partial charge is 0.493 e. The summed E-state index contributed by atoms with van der Waals surface area (Å²) >= 11 is 0. The van der Waals surface area contributed by atoms with Crippen LogP contribution >= 0.6 is 0 Å². The van der Waals surface area contributed by atoms with E-state index in [2.05, 4.69) is 91.7 Å². The molecule has 0 radical (unpaired) electrons. The number of aromatic nitrogens is 8. The molecule has 3 fully saturated rings. The summed E-state index contributed by atoms with van der Waals surface area (Å²) in [7, 11) is 9.84. The summed E-state index contributed by atoms with van der Waals surface area (Å²) in [5.74, 6) is 9.68. The van der Waals surface area contributed by atoms with Gasteiger partial charge in [-0.2, -0.15) is 20.6 Å². The number of benzene rings is 5. The van der Waals surface area contributed by atoms with Gasteiger partial charge in [-0.1, -0.05) is 36.4 Å². The number of hydrogen-bond donors (Lipinski definition) is 1. The predicted molar refractivity (Wildman–Crippen MR) is 316 cm³/mol. The van der Waals surface area contributed by atoms with Crippen molar-refractivity contribution >= 4 is 55.8 Å².